The molecule has 1 aromatic heterocycles. The minimum Gasteiger partial charge on any atom is -0.493 e. The van der Waals surface area contributed by atoms with Crippen LogP contribution < -0.4 is 15.4 Å². The number of oxazole rings is 1. The molecule has 0 aliphatic heterocycles. The first kappa shape index (κ1) is 21.8. The fraction of sp³-hybridized carbons (Fsp3) is 0.545. The van der Waals surface area contributed by atoms with Crippen molar-refractivity contribution in [3.05, 3.63) is 46.7 Å². The maximum absolute atomic E-state index is 6.05. The second kappa shape index (κ2) is 10.7. The number of aromatic nitrogens is 1. The molecule has 6 heteroatoms. The topological polar surface area (TPSA) is 71.7 Å². The molecule has 0 aliphatic rings. The predicted molar refractivity (Wildman–Crippen MR) is 114 cm³/mol. The van der Waals surface area contributed by atoms with Crippen LogP contribution in [-0.2, 0) is 13.1 Å². The van der Waals surface area contributed by atoms with Crippen molar-refractivity contribution in [3.8, 4) is 5.75 Å². The largest absolute Gasteiger partial charge is 0.493 e. The minimum atomic E-state index is 0.487. The molecule has 0 amide bonds. The van der Waals surface area contributed by atoms with Gasteiger partial charge in [0, 0.05) is 19.2 Å². The van der Waals surface area contributed by atoms with Crippen molar-refractivity contribution in [2.45, 2.75) is 60.5 Å². The van der Waals surface area contributed by atoms with Crippen LogP contribution in [0.3, 0.4) is 0 Å². The van der Waals surface area contributed by atoms with Crippen LogP contribution >= 0.6 is 0 Å². The minimum absolute atomic E-state index is 0.487. The van der Waals surface area contributed by atoms with E-state index in [9.17, 15) is 0 Å². The maximum Gasteiger partial charge on any atom is 0.214 e. The fourth-order valence-corrected chi connectivity index (χ4v) is 2.79. The predicted octanol–water partition coefficient (Wildman–Crippen LogP) is 4.28. The molecule has 1 heterocycles. The van der Waals surface area contributed by atoms with Gasteiger partial charge in [-0.25, -0.2) is 4.98 Å². The summed E-state index contributed by atoms with van der Waals surface area (Å²) in [6.45, 7) is 12.3. The van der Waals surface area contributed by atoms with E-state index in [0.717, 1.165) is 35.8 Å². The molecule has 1 aromatic carbocycles. The van der Waals surface area contributed by atoms with Gasteiger partial charge in [0.2, 0.25) is 5.89 Å². The maximum atomic E-state index is 6.05. The Morgan fingerprint density at radius 2 is 1.93 bits per heavy atom. The molecule has 0 saturated carbocycles. The van der Waals surface area contributed by atoms with Crippen molar-refractivity contribution in [2.75, 3.05) is 13.7 Å². The highest BCUT2D eigenvalue weighted by Gasteiger charge is 2.09. The second-order valence-corrected chi connectivity index (χ2v) is 7.52. The van der Waals surface area contributed by atoms with Crippen LogP contribution in [0.15, 0.2) is 27.6 Å². The molecule has 2 aromatic rings. The number of guanidine groups is 1. The van der Waals surface area contributed by atoms with Gasteiger partial charge < -0.3 is 19.8 Å². The lowest BCUT2D eigenvalue weighted by Crippen LogP contribution is -2.36. The van der Waals surface area contributed by atoms with Crippen LogP contribution in [0.2, 0.25) is 0 Å². The van der Waals surface area contributed by atoms with Crippen LogP contribution in [0, 0.1) is 26.7 Å². The van der Waals surface area contributed by atoms with E-state index in [0.29, 0.717) is 30.9 Å². The molecule has 0 spiro atoms. The first-order valence-electron chi connectivity index (χ1n) is 9.98. The third kappa shape index (κ3) is 6.91. The molecular weight excluding hydrogens is 352 g/mol. The Kier molecular flexibility index (Phi) is 8.36. The standard InChI is InChI=1S/C22H34N4O2/c1-15(2)8-7-11-27-20-12-16(3)9-10-19(20)13-24-22(23-6)25-14-21-26-17(4)18(5)28-21/h9-10,12,15H,7-8,11,13-14H2,1-6H3,(H2,23,24,25). The fourth-order valence-electron chi connectivity index (χ4n) is 2.79. The Hall–Kier alpha value is -2.50. The summed E-state index contributed by atoms with van der Waals surface area (Å²) in [4.78, 5) is 8.65. The molecule has 2 rings (SSSR count). The summed E-state index contributed by atoms with van der Waals surface area (Å²) < 4.78 is 11.7. The van der Waals surface area contributed by atoms with E-state index in [-0.39, 0.29) is 0 Å². The van der Waals surface area contributed by atoms with E-state index in [4.69, 9.17) is 9.15 Å². The number of benzene rings is 1. The summed E-state index contributed by atoms with van der Waals surface area (Å²) >= 11 is 0. The Balaban J connectivity index is 1.90. The first-order valence-corrected chi connectivity index (χ1v) is 9.98. The lowest BCUT2D eigenvalue weighted by molar-refractivity contribution is 0.294. The molecule has 0 saturated heterocycles. The van der Waals surface area contributed by atoms with Gasteiger partial charge in [0.05, 0.1) is 18.8 Å². The molecule has 0 bridgehead atoms. The van der Waals surface area contributed by atoms with Crippen LogP contribution in [0.25, 0.3) is 0 Å². The molecule has 154 valence electrons. The number of aryl methyl sites for hydroxylation is 3. The number of hydrogen-bond donors (Lipinski definition) is 2. The smallest absolute Gasteiger partial charge is 0.214 e. The SMILES string of the molecule is CN=C(NCc1nc(C)c(C)o1)NCc1ccc(C)cc1OCCCC(C)C. The van der Waals surface area contributed by atoms with E-state index in [2.05, 4.69) is 59.6 Å². The van der Waals surface area contributed by atoms with Crippen LogP contribution in [0.5, 0.6) is 5.75 Å². The van der Waals surface area contributed by atoms with E-state index in [1.807, 2.05) is 13.8 Å². The molecule has 0 atom stereocenters. The Labute approximate surface area is 168 Å². The highest BCUT2D eigenvalue weighted by atomic mass is 16.5. The van der Waals surface area contributed by atoms with E-state index in [1.54, 1.807) is 7.05 Å². The average Bonchev–Trinajstić information content (AvgIpc) is 2.97. The number of aliphatic imine (C=N–C) groups is 1. The molecule has 28 heavy (non-hydrogen) atoms. The monoisotopic (exact) mass is 386 g/mol. The van der Waals surface area contributed by atoms with Crippen LogP contribution in [0.1, 0.15) is 55.2 Å². The quantitative estimate of drug-likeness (QED) is 0.382. The summed E-state index contributed by atoms with van der Waals surface area (Å²) in [6, 6.07) is 6.31. The average molecular weight is 387 g/mol. The summed E-state index contributed by atoms with van der Waals surface area (Å²) in [5.74, 6) is 3.83. The molecule has 0 fully saturated rings. The van der Waals surface area contributed by atoms with Crippen molar-refractivity contribution in [2.24, 2.45) is 10.9 Å². The molecule has 0 unspecified atom stereocenters. The van der Waals surface area contributed by atoms with Gasteiger partial charge in [0.1, 0.15) is 11.5 Å². The van der Waals surface area contributed by atoms with Crippen LogP contribution in [-0.4, -0.2) is 24.6 Å². The zero-order chi connectivity index (χ0) is 20.5. The van der Waals surface area contributed by atoms with Gasteiger partial charge in [0.25, 0.3) is 0 Å². The number of rotatable bonds is 9. The summed E-state index contributed by atoms with van der Waals surface area (Å²) in [5, 5.41) is 6.57. The van der Waals surface area contributed by atoms with Crippen molar-refractivity contribution in [1.82, 2.24) is 15.6 Å². The van der Waals surface area contributed by atoms with Gasteiger partial charge in [0.15, 0.2) is 5.96 Å². The van der Waals surface area contributed by atoms with Crippen LogP contribution in [0.4, 0.5) is 0 Å². The highest BCUT2D eigenvalue weighted by Crippen LogP contribution is 2.21. The molecular formula is C22H34N4O2. The molecule has 0 radical (unpaired) electrons. The van der Waals surface area contributed by atoms with Crippen molar-refractivity contribution < 1.29 is 9.15 Å². The van der Waals surface area contributed by atoms with Gasteiger partial charge in [-0.15, -0.1) is 0 Å². The summed E-state index contributed by atoms with van der Waals surface area (Å²) in [5.41, 5.74) is 3.22. The van der Waals surface area contributed by atoms with Crippen molar-refractivity contribution in [1.29, 1.82) is 0 Å². The highest BCUT2D eigenvalue weighted by molar-refractivity contribution is 5.79. The first-order chi connectivity index (χ1) is 13.4. The molecule has 2 N–H and O–H groups in total. The van der Waals surface area contributed by atoms with E-state index in [1.165, 1.54) is 12.0 Å². The lowest BCUT2D eigenvalue weighted by Gasteiger charge is -2.15. The number of ether oxygens (including phenoxy) is 1. The Bertz CT molecular complexity index is 761. The van der Waals surface area contributed by atoms with Gasteiger partial charge in [-0.05, 0) is 51.2 Å². The normalized spacial score (nSPS) is 11.8. The molecule has 0 aliphatic carbocycles. The van der Waals surface area contributed by atoms with Crippen molar-refractivity contribution >= 4 is 5.96 Å². The zero-order valence-corrected chi connectivity index (χ0v) is 18.1. The Morgan fingerprint density at radius 3 is 2.57 bits per heavy atom. The number of hydrogen-bond acceptors (Lipinski definition) is 4. The van der Waals surface area contributed by atoms with Gasteiger partial charge in [-0.1, -0.05) is 26.0 Å². The molecule has 6 nitrogen and oxygen atoms in total. The Morgan fingerprint density at radius 1 is 1.18 bits per heavy atom. The number of nitrogens with one attached hydrogen (secondary N) is 2. The zero-order valence-electron chi connectivity index (χ0n) is 18.1. The summed E-state index contributed by atoms with van der Waals surface area (Å²) in [7, 11) is 1.75. The summed E-state index contributed by atoms with van der Waals surface area (Å²) in [6.07, 6.45) is 2.24. The van der Waals surface area contributed by atoms with Gasteiger partial charge in [-0.2, -0.15) is 0 Å². The van der Waals surface area contributed by atoms with Gasteiger partial charge >= 0.3 is 0 Å². The van der Waals surface area contributed by atoms with E-state index >= 15 is 0 Å². The number of nitrogens with zero attached hydrogens (tertiary/aromatic N) is 2. The van der Waals surface area contributed by atoms with Crippen molar-refractivity contribution in [3.63, 3.8) is 0 Å². The second-order valence-electron chi connectivity index (χ2n) is 7.52. The van der Waals surface area contributed by atoms with Gasteiger partial charge in [-0.3, -0.25) is 4.99 Å². The third-order valence-electron chi connectivity index (χ3n) is 4.56. The third-order valence-corrected chi connectivity index (χ3v) is 4.56. The van der Waals surface area contributed by atoms with E-state index < -0.39 is 0 Å². The lowest BCUT2D eigenvalue weighted by atomic mass is 10.1.